The Morgan fingerprint density at radius 2 is 1.87 bits per heavy atom. The highest BCUT2D eigenvalue weighted by Crippen LogP contribution is 2.13. The maximum atomic E-state index is 8.38. The average Bonchev–Trinajstić information content (AvgIpc) is 2.30. The summed E-state index contributed by atoms with van der Waals surface area (Å²) in [5.74, 6) is 0.906. The van der Waals surface area contributed by atoms with E-state index < -0.39 is 0 Å². The van der Waals surface area contributed by atoms with Gasteiger partial charge in [-0.25, -0.2) is 0 Å². The zero-order valence-corrected chi connectivity index (χ0v) is 9.20. The first-order valence-electron chi connectivity index (χ1n) is 5.36. The smallest absolute Gasteiger partial charge is 0.118 e. The SMILES string of the molecule is COc1ccc(CCCCCC#N)cc1. The van der Waals surface area contributed by atoms with Crippen molar-refractivity contribution >= 4 is 0 Å². The zero-order chi connectivity index (χ0) is 10.9. The van der Waals surface area contributed by atoms with Gasteiger partial charge in [-0.1, -0.05) is 18.6 Å². The van der Waals surface area contributed by atoms with Gasteiger partial charge in [0.1, 0.15) is 5.75 Å². The summed E-state index contributed by atoms with van der Waals surface area (Å²) >= 11 is 0. The van der Waals surface area contributed by atoms with E-state index in [0.717, 1.165) is 31.4 Å². The molecular weight excluding hydrogens is 186 g/mol. The zero-order valence-electron chi connectivity index (χ0n) is 9.20. The molecule has 0 saturated heterocycles. The number of hydrogen-bond acceptors (Lipinski definition) is 2. The maximum absolute atomic E-state index is 8.38. The molecule has 0 N–H and O–H groups in total. The molecule has 0 aromatic heterocycles. The summed E-state index contributed by atoms with van der Waals surface area (Å²) in [5.41, 5.74) is 1.34. The van der Waals surface area contributed by atoms with Crippen LogP contribution in [0.5, 0.6) is 5.75 Å². The van der Waals surface area contributed by atoms with E-state index in [1.807, 2.05) is 12.1 Å². The summed E-state index contributed by atoms with van der Waals surface area (Å²) < 4.78 is 5.09. The first kappa shape index (κ1) is 11.6. The Balaban J connectivity index is 2.23. The van der Waals surface area contributed by atoms with Crippen LogP contribution >= 0.6 is 0 Å². The molecule has 0 radical (unpaired) electrons. The van der Waals surface area contributed by atoms with Crippen molar-refractivity contribution in [3.05, 3.63) is 29.8 Å². The van der Waals surface area contributed by atoms with Crippen molar-refractivity contribution in [2.75, 3.05) is 7.11 Å². The van der Waals surface area contributed by atoms with Crippen molar-refractivity contribution in [3.8, 4) is 11.8 Å². The fourth-order valence-electron chi connectivity index (χ4n) is 1.50. The molecule has 0 aliphatic carbocycles. The van der Waals surface area contributed by atoms with Crippen LogP contribution < -0.4 is 4.74 Å². The normalized spacial score (nSPS) is 9.60. The summed E-state index contributed by atoms with van der Waals surface area (Å²) in [7, 11) is 1.68. The third-order valence-corrected chi connectivity index (χ3v) is 2.41. The fourth-order valence-corrected chi connectivity index (χ4v) is 1.50. The quantitative estimate of drug-likeness (QED) is 0.664. The average molecular weight is 203 g/mol. The number of unbranched alkanes of at least 4 members (excludes halogenated alkanes) is 3. The lowest BCUT2D eigenvalue weighted by molar-refractivity contribution is 0.414. The second-order valence-corrected chi connectivity index (χ2v) is 3.57. The summed E-state index contributed by atoms with van der Waals surface area (Å²) in [5, 5.41) is 8.38. The molecule has 1 rings (SSSR count). The van der Waals surface area contributed by atoms with Crippen LogP contribution in [0.25, 0.3) is 0 Å². The van der Waals surface area contributed by atoms with Crippen molar-refractivity contribution < 1.29 is 4.74 Å². The molecule has 0 aliphatic heterocycles. The van der Waals surface area contributed by atoms with Gasteiger partial charge in [0.05, 0.1) is 13.2 Å². The number of methoxy groups -OCH3 is 1. The lowest BCUT2D eigenvalue weighted by Crippen LogP contribution is -1.87. The minimum atomic E-state index is 0.683. The van der Waals surface area contributed by atoms with Crippen LogP contribution in [0.2, 0.25) is 0 Å². The Hall–Kier alpha value is -1.49. The molecular formula is C13H17NO. The predicted molar refractivity (Wildman–Crippen MR) is 60.8 cm³/mol. The number of hydrogen-bond donors (Lipinski definition) is 0. The molecule has 0 unspecified atom stereocenters. The Kier molecular flexibility index (Phi) is 5.32. The Bertz CT molecular complexity index is 310. The van der Waals surface area contributed by atoms with Gasteiger partial charge in [-0.15, -0.1) is 0 Å². The number of rotatable bonds is 6. The molecule has 0 saturated carbocycles. The van der Waals surface area contributed by atoms with E-state index in [9.17, 15) is 0 Å². The second-order valence-electron chi connectivity index (χ2n) is 3.57. The van der Waals surface area contributed by atoms with Crippen LogP contribution in [0.3, 0.4) is 0 Å². The highest BCUT2D eigenvalue weighted by molar-refractivity contribution is 5.27. The van der Waals surface area contributed by atoms with Gasteiger partial charge < -0.3 is 4.74 Å². The van der Waals surface area contributed by atoms with Gasteiger partial charge in [0.15, 0.2) is 0 Å². The first-order chi connectivity index (χ1) is 7.36. The van der Waals surface area contributed by atoms with E-state index in [0.29, 0.717) is 6.42 Å². The van der Waals surface area contributed by atoms with Crippen molar-refractivity contribution in [3.63, 3.8) is 0 Å². The molecule has 0 amide bonds. The number of nitrogens with zero attached hydrogens (tertiary/aromatic N) is 1. The Morgan fingerprint density at radius 3 is 2.47 bits per heavy atom. The highest BCUT2D eigenvalue weighted by Gasteiger charge is 1.94. The number of nitriles is 1. The molecule has 1 aromatic rings. The van der Waals surface area contributed by atoms with Crippen molar-refractivity contribution in [2.24, 2.45) is 0 Å². The number of benzene rings is 1. The Labute approximate surface area is 91.5 Å². The molecule has 0 heterocycles. The van der Waals surface area contributed by atoms with E-state index in [1.54, 1.807) is 7.11 Å². The highest BCUT2D eigenvalue weighted by atomic mass is 16.5. The van der Waals surface area contributed by atoms with E-state index in [-0.39, 0.29) is 0 Å². The molecule has 80 valence electrons. The van der Waals surface area contributed by atoms with Crippen LogP contribution in [0.15, 0.2) is 24.3 Å². The summed E-state index contributed by atoms with van der Waals surface area (Å²) in [4.78, 5) is 0. The van der Waals surface area contributed by atoms with Crippen LogP contribution in [-0.4, -0.2) is 7.11 Å². The largest absolute Gasteiger partial charge is 0.497 e. The molecule has 0 fully saturated rings. The van der Waals surface area contributed by atoms with Gasteiger partial charge in [-0.3, -0.25) is 0 Å². The summed E-state index contributed by atoms with van der Waals surface area (Å²) in [6.45, 7) is 0. The summed E-state index contributed by atoms with van der Waals surface area (Å²) in [6, 6.07) is 10.3. The van der Waals surface area contributed by atoms with Gasteiger partial charge in [-0.2, -0.15) is 5.26 Å². The minimum absolute atomic E-state index is 0.683. The minimum Gasteiger partial charge on any atom is -0.497 e. The van der Waals surface area contributed by atoms with E-state index in [4.69, 9.17) is 10.00 Å². The molecule has 2 heteroatoms. The molecule has 0 bridgehead atoms. The standard InChI is InChI=1S/C13H17NO/c1-15-13-9-7-12(8-10-13)6-4-2-3-5-11-14/h7-10H,2-6H2,1H3. The van der Waals surface area contributed by atoms with Crippen LogP contribution in [-0.2, 0) is 6.42 Å². The topological polar surface area (TPSA) is 33.0 Å². The lowest BCUT2D eigenvalue weighted by atomic mass is 10.1. The van der Waals surface area contributed by atoms with Crippen molar-refractivity contribution in [1.82, 2.24) is 0 Å². The van der Waals surface area contributed by atoms with E-state index >= 15 is 0 Å². The maximum Gasteiger partial charge on any atom is 0.118 e. The monoisotopic (exact) mass is 203 g/mol. The molecule has 2 nitrogen and oxygen atoms in total. The van der Waals surface area contributed by atoms with Crippen molar-refractivity contribution in [1.29, 1.82) is 5.26 Å². The van der Waals surface area contributed by atoms with Crippen molar-refractivity contribution in [2.45, 2.75) is 32.1 Å². The van der Waals surface area contributed by atoms with E-state index in [2.05, 4.69) is 18.2 Å². The van der Waals surface area contributed by atoms with Crippen LogP contribution in [0, 0.1) is 11.3 Å². The van der Waals surface area contributed by atoms with Gasteiger partial charge >= 0.3 is 0 Å². The Morgan fingerprint density at radius 1 is 1.13 bits per heavy atom. The fraction of sp³-hybridized carbons (Fsp3) is 0.462. The molecule has 1 aromatic carbocycles. The van der Waals surface area contributed by atoms with Crippen LogP contribution in [0.1, 0.15) is 31.2 Å². The molecule has 15 heavy (non-hydrogen) atoms. The predicted octanol–water partition coefficient (Wildman–Crippen LogP) is 3.32. The molecule has 0 spiro atoms. The third-order valence-electron chi connectivity index (χ3n) is 2.41. The number of aryl methyl sites for hydroxylation is 1. The van der Waals surface area contributed by atoms with Gasteiger partial charge in [0.2, 0.25) is 0 Å². The third kappa shape index (κ3) is 4.51. The number of ether oxygens (including phenoxy) is 1. The second kappa shape index (κ2) is 6.89. The van der Waals surface area contributed by atoms with E-state index in [1.165, 1.54) is 5.56 Å². The van der Waals surface area contributed by atoms with Gasteiger partial charge in [0, 0.05) is 6.42 Å². The molecule has 0 atom stereocenters. The first-order valence-corrected chi connectivity index (χ1v) is 5.36. The van der Waals surface area contributed by atoms with Gasteiger partial charge in [-0.05, 0) is 37.0 Å². The molecule has 0 aliphatic rings. The van der Waals surface area contributed by atoms with Gasteiger partial charge in [0.25, 0.3) is 0 Å². The lowest BCUT2D eigenvalue weighted by Gasteiger charge is -2.02. The van der Waals surface area contributed by atoms with Crippen LogP contribution in [0.4, 0.5) is 0 Å². The summed E-state index contributed by atoms with van der Waals surface area (Å²) in [6.07, 6.45) is 5.10.